The van der Waals surface area contributed by atoms with Crippen molar-refractivity contribution in [3.63, 3.8) is 0 Å². The second-order valence-electron chi connectivity index (χ2n) is 11.0. The molecule has 0 aliphatic carbocycles. The van der Waals surface area contributed by atoms with E-state index in [1.54, 1.807) is 45.0 Å². The van der Waals surface area contributed by atoms with Gasteiger partial charge in [0.2, 0.25) is 0 Å². The Balaban J connectivity index is 1.48. The third kappa shape index (κ3) is 8.45. The molecule has 2 unspecified atom stereocenters. The fourth-order valence-electron chi connectivity index (χ4n) is 4.52. The summed E-state index contributed by atoms with van der Waals surface area (Å²) in [6.45, 7) is 5.56. The molecular weight excluding hydrogens is 520 g/mol. The summed E-state index contributed by atoms with van der Waals surface area (Å²) in [6, 6.07) is 24.8. The van der Waals surface area contributed by atoms with E-state index >= 15 is 0 Å². The van der Waals surface area contributed by atoms with E-state index in [1.165, 1.54) is 0 Å². The summed E-state index contributed by atoms with van der Waals surface area (Å²) in [7, 11) is 0. The Bertz CT molecular complexity index is 1380. The average molecular weight is 557 g/mol. The molecule has 0 saturated heterocycles. The Morgan fingerprint density at radius 2 is 1.51 bits per heavy atom. The van der Waals surface area contributed by atoms with Gasteiger partial charge in [0.1, 0.15) is 29.3 Å². The molecule has 1 aliphatic rings. The number of ether oxygens (including phenoxy) is 2. The zero-order chi connectivity index (χ0) is 29.4. The van der Waals surface area contributed by atoms with Crippen LogP contribution in [-0.2, 0) is 33.8 Å². The molecule has 0 fully saturated rings. The van der Waals surface area contributed by atoms with Gasteiger partial charge in [-0.15, -0.1) is 0 Å². The standard InChI is InChI=1S/C33H36N2O6/c1-33(2,3)41-32(39)35-27(20-23-14-17-25(18-15-23)40-21-24-12-8-5-9-13-24)30(37)28-29(36)26(34-31(28)38)19-16-22-10-6-4-7-11-22/h4-15,17-18,26-27,36H,16,19-21H2,1-3H3,(H,34,38)(H,35,39). The van der Waals surface area contributed by atoms with Gasteiger partial charge in [0.25, 0.3) is 5.91 Å². The number of alkyl carbamates (subject to hydrolysis) is 1. The van der Waals surface area contributed by atoms with E-state index < -0.39 is 35.5 Å². The van der Waals surface area contributed by atoms with Crippen LogP contribution in [0.2, 0.25) is 0 Å². The number of Topliss-reactive ketones (excluding diaryl/α,β-unsaturated/α-hetero) is 1. The molecule has 1 aliphatic heterocycles. The summed E-state index contributed by atoms with van der Waals surface area (Å²) < 4.78 is 11.2. The van der Waals surface area contributed by atoms with Gasteiger partial charge in [0, 0.05) is 6.42 Å². The first-order chi connectivity index (χ1) is 19.6. The number of hydrogen-bond acceptors (Lipinski definition) is 6. The zero-order valence-electron chi connectivity index (χ0n) is 23.6. The van der Waals surface area contributed by atoms with Crippen LogP contribution in [0.25, 0.3) is 0 Å². The molecule has 3 N–H and O–H groups in total. The van der Waals surface area contributed by atoms with Gasteiger partial charge in [0.15, 0.2) is 5.78 Å². The third-order valence-electron chi connectivity index (χ3n) is 6.55. The normalized spacial score (nSPS) is 15.7. The number of benzene rings is 3. The number of hydrogen-bond donors (Lipinski definition) is 3. The summed E-state index contributed by atoms with van der Waals surface area (Å²) in [4.78, 5) is 39.1. The summed E-state index contributed by atoms with van der Waals surface area (Å²) in [5, 5.41) is 16.2. The van der Waals surface area contributed by atoms with Gasteiger partial charge >= 0.3 is 6.09 Å². The Morgan fingerprint density at radius 3 is 2.12 bits per heavy atom. The first-order valence-corrected chi connectivity index (χ1v) is 13.7. The van der Waals surface area contributed by atoms with Crippen molar-refractivity contribution in [2.24, 2.45) is 0 Å². The molecule has 3 aromatic rings. The van der Waals surface area contributed by atoms with Crippen molar-refractivity contribution < 1.29 is 29.0 Å². The monoisotopic (exact) mass is 556 g/mol. The fourth-order valence-corrected chi connectivity index (χ4v) is 4.52. The van der Waals surface area contributed by atoms with Crippen LogP contribution in [0.4, 0.5) is 4.79 Å². The minimum Gasteiger partial charge on any atom is -0.509 e. The molecule has 0 saturated carbocycles. The quantitative estimate of drug-likeness (QED) is 0.279. The summed E-state index contributed by atoms with van der Waals surface area (Å²) in [5.74, 6) is -1.00. The lowest BCUT2D eigenvalue weighted by Crippen LogP contribution is -2.46. The highest BCUT2D eigenvalue weighted by Crippen LogP contribution is 2.23. The molecule has 1 heterocycles. The largest absolute Gasteiger partial charge is 0.509 e. The molecule has 8 nitrogen and oxygen atoms in total. The van der Waals surface area contributed by atoms with Gasteiger partial charge in [-0.3, -0.25) is 9.59 Å². The molecule has 3 aromatic carbocycles. The van der Waals surface area contributed by atoms with Crippen LogP contribution in [0.15, 0.2) is 96.3 Å². The maximum Gasteiger partial charge on any atom is 0.408 e. The number of rotatable bonds is 11. The minimum atomic E-state index is -1.14. The predicted octanol–water partition coefficient (Wildman–Crippen LogP) is 5.21. The molecule has 8 heteroatoms. The Morgan fingerprint density at radius 1 is 0.902 bits per heavy atom. The molecule has 0 aromatic heterocycles. The van der Waals surface area contributed by atoms with E-state index in [2.05, 4.69) is 10.6 Å². The van der Waals surface area contributed by atoms with Gasteiger partial charge in [-0.2, -0.15) is 0 Å². The maximum atomic E-state index is 13.6. The topological polar surface area (TPSA) is 114 Å². The average Bonchev–Trinajstić information content (AvgIpc) is 3.23. The van der Waals surface area contributed by atoms with Crippen molar-refractivity contribution >= 4 is 17.8 Å². The van der Waals surface area contributed by atoms with E-state index in [9.17, 15) is 19.5 Å². The highest BCUT2D eigenvalue weighted by molar-refractivity contribution is 6.23. The van der Waals surface area contributed by atoms with Crippen LogP contribution in [0.5, 0.6) is 5.75 Å². The summed E-state index contributed by atoms with van der Waals surface area (Å²) >= 11 is 0. The summed E-state index contributed by atoms with van der Waals surface area (Å²) in [5.41, 5.74) is 1.69. The van der Waals surface area contributed by atoms with Crippen LogP contribution in [0.3, 0.4) is 0 Å². The predicted molar refractivity (Wildman–Crippen MR) is 155 cm³/mol. The van der Waals surface area contributed by atoms with Crippen LogP contribution in [0.1, 0.15) is 43.9 Å². The first kappa shape index (κ1) is 29.4. The van der Waals surface area contributed by atoms with Crippen LogP contribution in [0, 0.1) is 0 Å². The second kappa shape index (κ2) is 13.2. The Labute approximate surface area is 240 Å². The fraction of sp³-hybridized carbons (Fsp3) is 0.303. The third-order valence-corrected chi connectivity index (χ3v) is 6.55. The molecule has 0 radical (unpaired) electrons. The van der Waals surface area contributed by atoms with Crippen molar-refractivity contribution in [3.8, 4) is 5.75 Å². The molecular formula is C33H36N2O6. The van der Waals surface area contributed by atoms with Crippen molar-refractivity contribution in [3.05, 3.63) is 113 Å². The van der Waals surface area contributed by atoms with Gasteiger partial charge in [-0.1, -0.05) is 72.8 Å². The molecule has 214 valence electrons. The van der Waals surface area contributed by atoms with Crippen molar-refractivity contribution in [2.75, 3.05) is 0 Å². The van der Waals surface area contributed by atoms with E-state index in [0.717, 1.165) is 16.7 Å². The van der Waals surface area contributed by atoms with Gasteiger partial charge in [-0.25, -0.2) is 4.79 Å². The number of ketones is 1. The highest BCUT2D eigenvalue weighted by atomic mass is 16.6. The first-order valence-electron chi connectivity index (χ1n) is 13.7. The van der Waals surface area contributed by atoms with Crippen LogP contribution in [-0.4, -0.2) is 40.6 Å². The Hall–Kier alpha value is -4.59. The maximum absolute atomic E-state index is 13.6. The van der Waals surface area contributed by atoms with Crippen molar-refractivity contribution in [2.45, 2.75) is 64.3 Å². The van der Waals surface area contributed by atoms with E-state index in [4.69, 9.17) is 9.47 Å². The number of carbonyl (C=O) groups is 3. The molecule has 41 heavy (non-hydrogen) atoms. The number of nitrogens with one attached hydrogen (secondary N) is 2. The number of aliphatic hydroxyl groups is 1. The highest BCUT2D eigenvalue weighted by Gasteiger charge is 2.39. The number of carbonyl (C=O) groups excluding carboxylic acids is 3. The molecule has 4 rings (SSSR count). The number of amides is 2. The van der Waals surface area contributed by atoms with E-state index in [0.29, 0.717) is 25.2 Å². The number of aliphatic hydroxyl groups excluding tert-OH is 1. The van der Waals surface area contributed by atoms with Crippen LogP contribution < -0.4 is 15.4 Å². The molecule has 2 atom stereocenters. The van der Waals surface area contributed by atoms with E-state index in [1.807, 2.05) is 60.7 Å². The summed E-state index contributed by atoms with van der Waals surface area (Å²) in [6.07, 6.45) is 0.316. The molecule has 2 amide bonds. The lowest BCUT2D eigenvalue weighted by molar-refractivity contribution is -0.123. The van der Waals surface area contributed by atoms with Crippen LogP contribution >= 0.6 is 0 Å². The van der Waals surface area contributed by atoms with Gasteiger partial charge in [0.05, 0.1) is 12.1 Å². The SMILES string of the molecule is CC(C)(C)OC(=O)NC(Cc1ccc(OCc2ccccc2)cc1)C(=O)C1=C(O)C(CCc2ccccc2)NC1=O. The smallest absolute Gasteiger partial charge is 0.408 e. The Kier molecular flexibility index (Phi) is 9.45. The van der Waals surface area contributed by atoms with Gasteiger partial charge in [-0.05, 0) is 62.4 Å². The van der Waals surface area contributed by atoms with E-state index in [-0.39, 0.29) is 17.8 Å². The van der Waals surface area contributed by atoms with Crippen molar-refractivity contribution in [1.29, 1.82) is 0 Å². The number of aryl methyl sites for hydroxylation is 1. The lowest BCUT2D eigenvalue weighted by Gasteiger charge is -2.23. The second-order valence-corrected chi connectivity index (χ2v) is 11.0. The van der Waals surface area contributed by atoms with Gasteiger partial charge < -0.3 is 25.2 Å². The lowest BCUT2D eigenvalue weighted by atomic mass is 9.96. The minimum absolute atomic E-state index is 0.0792. The molecule has 0 bridgehead atoms. The van der Waals surface area contributed by atoms with Crippen molar-refractivity contribution in [1.82, 2.24) is 10.6 Å². The molecule has 0 spiro atoms. The zero-order valence-corrected chi connectivity index (χ0v) is 23.6.